The summed E-state index contributed by atoms with van der Waals surface area (Å²) in [5, 5.41) is 0. The standard InChI is InChI=1S/C9H10N2O.ClH/c1-6-2-3-7-8(4-6)12-9(5-10)11-7;/h2-4H,5,10H2,1H3;1H. The number of halogens is 1. The number of fused-ring (bicyclic) bond motifs is 1. The van der Waals surface area contributed by atoms with Crippen LogP contribution in [-0.4, -0.2) is 4.98 Å². The van der Waals surface area contributed by atoms with Crippen molar-refractivity contribution in [2.45, 2.75) is 13.5 Å². The van der Waals surface area contributed by atoms with Crippen LogP contribution in [0.3, 0.4) is 0 Å². The van der Waals surface area contributed by atoms with Crippen molar-refractivity contribution >= 4 is 23.5 Å². The first-order valence-electron chi connectivity index (χ1n) is 3.86. The third-order valence-electron chi connectivity index (χ3n) is 1.76. The summed E-state index contributed by atoms with van der Waals surface area (Å²) in [7, 11) is 0. The van der Waals surface area contributed by atoms with Crippen molar-refractivity contribution in [3.63, 3.8) is 0 Å². The molecule has 13 heavy (non-hydrogen) atoms. The quantitative estimate of drug-likeness (QED) is 0.763. The zero-order valence-electron chi connectivity index (χ0n) is 7.28. The van der Waals surface area contributed by atoms with Crippen LogP contribution in [0.15, 0.2) is 22.6 Å². The number of aromatic nitrogens is 1. The number of hydrogen-bond donors (Lipinski definition) is 1. The van der Waals surface area contributed by atoms with E-state index in [1.807, 2.05) is 25.1 Å². The van der Waals surface area contributed by atoms with Crippen molar-refractivity contribution in [3.8, 4) is 0 Å². The Morgan fingerprint density at radius 3 is 2.92 bits per heavy atom. The molecule has 0 radical (unpaired) electrons. The molecule has 3 nitrogen and oxygen atoms in total. The van der Waals surface area contributed by atoms with Gasteiger partial charge in [0.05, 0.1) is 6.54 Å². The molecular weight excluding hydrogens is 188 g/mol. The van der Waals surface area contributed by atoms with Gasteiger partial charge in [0, 0.05) is 0 Å². The summed E-state index contributed by atoms with van der Waals surface area (Å²) in [6.07, 6.45) is 0. The zero-order chi connectivity index (χ0) is 8.55. The van der Waals surface area contributed by atoms with Gasteiger partial charge in [-0.15, -0.1) is 12.4 Å². The first-order valence-corrected chi connectivity index (χ1v) is 3.86. The second-order valence-corrected chi connectivity index (χ2v) is 2.78. The highest BCUT2D eigenvalue weighted by atomic mass is 35.5. The highest BCUT2D eigenvalue weighted by Gasteiger charge is 2.02. The first-order chi connectivity index (χ1) is 5.79. The predicted octanol–water partition coefficient (Wildman–Crippen LogP) is 2.02. The van der Waals surface area contributed by atoms with Crippen LogP contribution in [-0.2, 0) is 6.54 Å². The topological polar surface area (TPSA) is 52.0 Å². The number of oxazole rings is 1. The van der Waals surface area contributed by atoms with Gasteiger partial charge < -0.3 is 10.2 Å². The highest BCUT2D eigenvalue weighted by Crippen LogP contribution is 2.16. The summed E-state index contributed by atoms with van der Waals surface area (Å²) in [6, 6.07) is 5.90. The summed E-state index contributed by atoms with van der Waals surface area (Å²) in [4.78, 5) is 4.18. The lowest BCUT2D eigenvalue weighted by molar-refractivity contribution is 0.533. The largest absolute Gasteiger partial charge is 0.439 e. The molecule has 1 heterocycles. The van der Waals surface area contributed by atoms with Crippen molar-refractivity contribution in [1.82, 2.24) is 4.98 Å². The molecule has 2 rings (SSSR count). The van der Waals surface area contributed by atoms with Crippen LogP contribution in [0.2, 0.25) is 0 Å². The lowest BCUT2D eigenvalue weighted by Crippen LogP contribution is -1.94. The van der Waals surface area contributed by atoms with Gasteiger partial charge in [-0.2, -0.15) is 0 Å². The maximum absolute atomic E-state index is 5.40. The van der Waals surface area contributed by atoms with Crippen LogP contribution in [0, 0.1) is 6.92 Å². The van der Waals surface area contributed by atoms with Gasteiger partial charge in [-0.3, -0.25) is 0 Å². The molecule has 1 aromatic carbocycles. The fourth-order valence-electron chi connectivity index (χ4n) is 1.17. The lowest BCUT2D eigenvalue weighted by atomic mass is 10.2. The maximum atomic E-state index is 5.40. The van der Waals surface area contributed by atoms with Crippen molar-refractivity contribution in [1.29, 1.82) is 0 Å². The van der Waals surface area contributed by atoms with E-state index in [9.17, 15) is 0 Å². The minimum absolute atomic E-state index is 0. The van der Waals surface area contributed by atoms with Crippen LogP contribution in [0.25, 0.3) is 11.1 Å². The molecule has 70 valence electrons. The molecule has 0 saturated carbocycles. The van der Waals surface area contributed by atoms with E-state index < -0.39 is 0 Å². The Labute approximate surface area is 82.3 Å². The maximum Gasteiger partial charge on any atom is 0.209 e. The predicted molar refractivity (Wildman–Crippen MR) is 53.9 cm³/mol. The lowest BCUT2D eigenvalue weighted by Gasteiger charge is -1.87. The molecular formula is C9H11ClN2O. The second kappa shape index (κ2) is 3.77. The first kappa shape index (κ1) is 10.0. The number of nitrogens with zero attached hydrogens (tertiary/aromatic N) is 1. The van der Waals surface area contributed by atoms with E-state index in [1.165, 1.54) is 5.56 Å². The molecule has 2 N–H and O–H groups in total. The molecule has 0 saturated heterocycles. The van der Waals surface area contributed by atoms with Crippen LogP contribution in [0.1, 0.15) is 11.5 Å². The average Bonchev–Trinajstić information content (AvgIpc) is 2.46. The van der Waals surface area contributed by atoms with Gasteiger partial charge >= 0.3 is 0 Å². The molecule has 0 bridgehead atoms. The smallest absolute Gasteiger partial charge is 0.209 e. The Kier molecular flexibility index (Phi) is 2.90. The van der Waals surface area contributed by atoms with Crippen LogP contribution in [0.5, 0.6) is 0 Å². The van der Waals surface area contributed by atoms with E-state index in [-0.39, 0.29) is 12.4 Å². The minimum Gasteiger partial charge on any atom is -0.439 e. The summed E-state index contributed by atoms with van der Waals surface area (Å²) in [5.74, 6) is 0.593. The van der Waals surface area contributed by atoms with E-state index in [4.69, 9.17) is 10.2 Å². The van der Waals surface area contributed by atoms with Crippen LogP contribution in [0.4, 0.5) is 0 Å². The van der Waals surface area contributed by atoms with Gasteiger partial charge in [0.2, 0.25) is 5.89 Å². The van der Waals surface area contributed by atoms with Crippen molar-refractivity contribution in [2.24, 2.45) is 5.73 Å². The number of nitrogens with two attached hydrogens (primary N) is 1. The fourth-order valence-corrected chi connectivity index (χ4v) is 1.17. The molecule has 0 aliphatic carbocycles. The number of rotatable bonds is 1. The molecule has 4 heteroatoms. The Morgan fingerprint density at radius 2 is 2.23 bits per heavy atom. The van der Waals surface area contributed by atoms with Gasteiger partial charge in [0.25, 0.3) is 0 Å². The highest BCUT2D eigenvalue weighted by molar-refractivity contribution is 5.85. The van der Waals surface area contributed by atoms with Crippen LogP contribution >= 0.6 is 12.4 Å². The van der Waals surface area contributed by atoms with E-state index in [1.54, 1.807) is 0 Å². The molecule has 0 aliphatic heterocycles. The summed E-state index contributed by atoms with van der Waals surface area (Å²) >= 11 is 0. The van der Waals surface area contributed by atoms with E-state index in [0.29, 0.717) is 12.4 Å². The molecule has 2 aromatic rings. The second-order valence-electron chi connectivity index (χ2n) is 2.78. The van der Waals surface area contributed by atoms with Crippen molar-refractivity contribution in [2.75, 3.05) is 0 Å². The minimum atomic E-state index is 0. The van der Waals surface area contributed by atoms with E-state index in [2.05, 4.69) is 4.98 Å². The van der Waals surface area contributed by atoms with Gasteiger partial charge in [-0.1, -0.05) is 6.07 Å². The molecule has 0 atom stereocenters. The Bertz CT molecular complexity index is 411. The number of aryl methyl sites for hydroxylation is 1. The molecule has 0 fully saturated rings. The average molecular weight is 199 g/mol. The third kappa shape index (κ3) is 1.82. The number of benzene rings is 1. The molecule has 0 unspecified atom stereocenters. The molecule has 1 aromatic heterocycles. The molecule has 0 aliphatic rings. The zero-order valence-corrected chi connectivity index (χ0v) is 8.10. The fraction of sp³-hybridized carbons (Fsp3) is 0.222. The summed E-state index contributed by atoms with van der Waals surface area (Å²) < 4.78 is 5.36. The normalized spacial score (nSPS) is 10.0. The van der Waals surface area contributed by atoms with Gasteiger partial charge in [0.1, 0.15) is 5.52 Å². The SMILES string of the molecule is Cc1ccc2nc(CN)oc2c1.Cl. The Morgan fingerprint density at radius 1 is 1.46 bits per heavy atom. The summed E-state index contributed by atoms with van der Waals surface area (Å²) in [6.45, 7) is 2.37. The van der Waals surface area contributed by atoms with Gasteiger partial charge in [-0.05, 0) is 24.6 Å². The van der Waals surface area contributed by atoms with Gasteiger partial charge in [0.15, 0.2) is 5.58 Å². The van der Waals surface area contributed by atoms with E-state index >= 15 is 0 Å². The van der Waals surface area contributed by atoms with Crippen molar-refractivity contribution in [3.05, 3.63) is 29.7 Å². The van der Waals surface area contributed by atoms with Gasteiger partial charge in [-0.25, -0.2) is 4.98 Å². The Hall–Kier alpha value is -1.06. The molecule has 0 amide bonds. The van der Waals surface area contributed by atoms with E-state index in [0.717, 1.165) is 11.1 Å². The molecule has 0 spiro atoms. The van der Waals surface area contributed by atoms with Crippen LogP contribution < -0.4 is 5.73 Å². The monoisotopic (exact) mass is 198 g/mol. The third-order valence-corrected chi connectivity index (χ3v) is 1.76. The number of hydrogen-bond acceptors (Lipinski definition) is 3. The Balaban J connectivity index is 0.000000845. The summed E-state index contributed by atoms with van der Waals surface area (Å²) in [5.41, 5.74) is 8.26. The van der Waals surface area contributed by atoms with Crippen molar-refractivity contribution < 1.29 is 4.42 Å².